The fourth-order valence-corrected chi connectivity index (χ4v) is 2.66. The Balaban J connectivity index is 1.89. The van der Waals surface area contributed by atoms with Gasteiger partial charge in [-0.25, -0.2) is 5.01 Å². The summed E-state index contributed by atoms with van der Waals surface area (Å²) in [6.07, 6.45) is 0. The normalized spacial score (nSPS) is 27.5. The highest BCUT2D eigenvalue weighted by molar-refractivity contribution is 6.62. The minimum atomic E-state index is -0.298. The topological polar surface area (TPSA) is 33.7 Å². The number of nitrogens with one attached hydrogen (secondary N) is 1. The van der Waals surface area contributed by atoms with Crippen molar-refractivity contribution in [2.24, 2.45) is 0 Å². The van der Waals surface area contributed by atoms with E-state index in [1.807, 2.05) is 0 Å². The molecular formula is C15H23BN2O2. The zero-order valence-corrected chi connectivity index (χ0v) is 13.2. The molecule has 108 valence electrons. The van der Waals surface area contributed by atoms with Gasteiger partial charge in [-0.05, 0) is 51.7 Å². The van der Waals surface area contributed by atoms with Crippen molar-refractivity contribution in [1.29, 1.82) is 0 Å². The van der Waals surface area contributed by atoms with Crippen LogP contribution in [0.1, 0.15) is 46.2 Å². The van der Waals surface area contributed by atoms with E-state index in [0.717, 1.165) is 11.2 Å². The molecule has 1 unspecified atom stereocenters. The van der Waals surface area contributed by atoms with Crippen molar-refractivity contribution in [3.63, 3.8) is 0 Å². The van der Waals surface area contributed by atoms with Crippen molar-refractivity contribution in [2.75, 3.05) is 12.5 Å². The number of rotatable bonds is 1. The van der Waals surface area contributed by atoms with E-state index in [-0.39, 0.29) is 18.3 Å². The molecule has 1 aromatic rings. The Bertz CT molecular complexity index is 529. The molecule has 0 spiro atoms. The number of nitrogens with zero attached hydrogens (tertiary/aromatic N) is 1. The second-order valence-electron chi connectivity index (χ2n) is 6.83. The molecule has 5 heteroatoms. The second-order valence-corrected chi connectivity index (χ2v) is 6.83. The number of hydrogen-bond donors (Lipinski definition) is 1. The molecule has 2 aliphatic rings. The van der Waals surface area contributed by atoms with Gasteiger partial charge in [0, 0.05) is 7.05 Å². The van der Waals surface area contributed by atoms with Gasteiger partial charge in [-0.3, -0.25) is 0 Å². The van der Waals surface area contributed by atoms with Crippen molar-refractivity contribution in [2.45, 2.75) is 51.9 Å². The Morgan fingerprint density at radius 2 is 1.75 bits per heavy atom. The van der Waals surface area contributed by atoms with Crippen LogP contribution in [0.5, 0.6) is 0 Å². The SMILES string of the molecule is CC1c2ccc(B3OC(C)(C)C(C)(C)O3)cc2NN1C. The van der Waals surface area contributed by atoms with Gasteiger partial charge in [0.2, 0.25) is 0 Å². The van der Waals surface area contributed by atoms with E-state index in [1.165, 1.54) is 5.56 Å². The van der Waals surface area contributed by atoms with Crippen molar-refractivity contribution >= 4 is 18.3 Å². The van der Waals surface area contributed by atoms with Gasteiger partial charge < -0.3 is 14.7 Å². The first-order valence-electron chi connectivity index (χ1n) is 7.20. The van der Waals surface area contributed by atoms with Crippen molar-refractivity contribution in [1.82, 2.24) is 5.01 Å². The molecule has 1 fully saturated rings. The van der Waals surface area contributed by atoms with Gasteiger partial charge in [0.1, 0.15) is 0 Å². The van der Waals surface area contributed by atoms with E-state index in [1.54, 1.807) is 0 Å². The number of hydrazine groups is 1. The third-order valence-corrected chi connectivity index (χ3v) is 4.93. The maximum absolute atomic E-state index is 6.10. The third-order valence-electron chi connectivity index (χ3n) is 4.93. The standard InChI is InChI=1S/C15H23BN2O2/c1-10-12-8-7-11(9-13(12)17-18(10)6)16-19-14(2,3)15(4,5)20-16/h7-10,17H,1-6H3. The van der Waals surface area contributed by atoms with E-state index < -0.39 is 0 Å². The Kier molecular flexibility index (Phi) is 2.94. The molecule has 0 aromatic heterocycles. The van der Waals surface area contributed by atoms with Crippen LogP contribution in [0.15, 0.2) is 18.2 Å². The first-order valence-corrected chi connectivity index (χ1v) is 7.20. The van der Waals surface area contributed by atoms with Gasteiger partial charge in [0.05, 0.1) is 22.9 Å². The highest BCUT2D eigenvalue weighted by Crippen LogP contribution is 2.37. The number of anilines is 1. The molecule has 1 aromatic carbocycles. The maximum atomic E-state index is 6.10. The fourth-order valence-electron chi connectivity index (χ4n) is 2.66. The summed E-state index contributed by atoms with van der Waals surface area (Å²) in [6, 6.07) is 6.80. The summed E-state index contributed by atoms with van der Waals surface area (Å²) in [5, 5.41) is 2.11. The van der Waals surface area contributed by atoms with E-state index >= 15 is 0 Å². The van der Waals surface area contributed by atoms with Gasteiger partial charge in [0.15, 0.2) is 0 Å². The minimum Gasteiger partial charge on any atom is -0.399 e. The Morgan fingerprint density at radius 3 is 2.35 bits per heavy atom. The molecule has 0 bridgehead atoms. The monoisotopic (exact) mass is 274 g/mol. The molecule has 2 aliphatic heterocycles. The lowest BCUT2D eigenvalue weighted by Crippen LogP contribution is -2.41. The summed E-state index contributed by atoms with van der Waals surface area (Å²) in [6.45, 7) is 10.5. The van der Waals surface area contributed by atoms with Crippen LogP contribution in [0.25, 0.3) is 0 Å². The summed E-state index contributed by atoms with van der Waals surface area (Å²) in [5.41, 5.74) is 6.31. The highest BCUT2D eigenvalue weighted by atomic mass is 16.7. The first-order chi connectivity index (χ1) is 9.21. The molecule has 20 heavy (non-hydrogen) atoms. The van der Waals surface area contributed by atoms with E-state index in [2.05, 4.69) is 70.3 Å². The molecule has 0 aliphatic carbocycles. The van der Waals surface area contributed by atoms with Crippen LogP contribution in [0, 0.1) is 0 Å². The summed E-state index contributed by atoms with van der Waals surface area (Å²) < 4.78 is 12.2. The van der Waals surface area contributed by atoms with Gasteiger partial charge in [-0.2, -0.15) is 0 Å². The summed E-state index contributed by atoms with van der Waals surface area (Å²) >= 11 is 0. The van der Waals surface area contributed by atoms with Crippen molar-refractivity contribution < 1.29 is 9.31 Å². The Morgan fingerprint density at radius 1 is 1.15 bits per heavy atom. The smallest absolute Gasteiger partial charge is 0.399 e. The summed E-state index contributed by atoms with van der Waals surface area (Å²) in [4.78, 5) is 0. The van der Waals surface area contributed by atoms with E-state index in [9.17, 15) is 0 Å². The zero-order valence-electron chi connectivity index (χ0n) is 13.2. The molecule has 0 radical (unpaired) electrons. The quantitative estimate of drug-likeness (QED) is 0.797. The Labute approximate surface area is 121 Å². The summed E-state index contributed by atoms with van der Waals surface area (Å²) in [7, 11) is 1.76. The first kappa shape index (κ1) is 13.9. The number of hydrogen-bond acceptors (Lipinski definition) is 4. The third kappa shape index (κ3) is 1.96. The minimum absolute atomic E-state index is 0.297. The van der Waals surface area contributed by atoms with Crippen LogP contribution in [-0.2, 0) is 9.31 Å². The van der Waals surface area contributed by atoms with Gasteiger partial charge in [-0.1, -0.05) is 12.1 Å². The lowest BCUT2D eigenvalue weighted by Gasteiger charge is -2.32. The average molecular weight is 274 g/mol. The van der Waals surface area contributed by atoms with Crippen LogP contribution >= 0.6 is 0 Å². The molecule has 1 N–H and O–H groups in total. The van der Waals surface area contributed by atoms with Crippen LogP contribution in [0.3, 0.4) is 0 Å². The molecule has 1 saturated heterocycles. The Hall–Kier alpha value is -1.04. The second kappa shape index (κ2) is 4.23. The van der Waals surface area contributed by atoms with Crippen LogP contribution in [-0.4, -0.2) is 30.4 Å². The fraction of sp³-hybridized carbons (Fsp3) is 0.600. The molecule has 0 saturated carbocycles. The molecule has 1 atom stereocenters. The number of fused-ring (bicyclic) bond motifs is 1. The lowest BCUT2D eigenvalue weighted by atomic mass is 9.78. The van der Waals surface area contributed by atoms with Crippen LogP contribution in [0.2, 0.25) is 0 Å². The van der Waals surface area contributed by atoms with Crippen LogP contribution in [0.4, 0.5) is 5.69 Å². The van der Waals surface area contributed by atoms with E-state index in [0.29, 0.717) is 6.04 Å². The predicted molar refractivity (Wildman–Crippen MR) is 82.0 cm³/mol. The lowest BCUT2D eigenvalue weighted by molar-refractivity contribution is 0.00578. The van der Waals surface area contributed by atoms with Gasteiger partial charge in [0.25, 0.3) is 0 Å². The van der Waals surface area contributed by atoms with Gasteiger partial charge >= 0.3 is 7.12 Å². The van der Waals surface area contributed by atoms with Crippen molar-refractivity contribution in [3.05, 3.63) is 23.8 Å². The van der Waals surface area contributed by atoms with Crippen molar-refractivity contribution in [3.8, 4) is 0 Å². The predicted octanol–water partition coefficient (Wildman–Crippen LogP) is 2.32. The van der Waals surface area contributed by atoms with Gasteiger partial charge in [-0.15, -0.1) is 0 Å². The molecule has 4 nitrogen and oxygen atoms in total. The largest absolute Gasteiger partial charge is 0.494 e. The molecule has 2 heterocycles. The molecular weight excluding hydrogens is 251 g/mol. The average Bonchev–Trinajstić information content (AvgIpc) is 2.74. The summed E-state index contributed by atoms with van der Waals surface area (Å²) in [5.74, 6) is 0. The highest BCUT2D eigenvalue weighted by Gasteiger charge is 2.51. The van der Waals surface area contributed by atoms with Crippen LogP contribution < -0.4 is 10.9 Å². The number of benzene rings is 1. The molecule has 0 amide bonds. The maximum Gasteiger partial charge on any atom is 0.494 e. The molecule has 3 rings (SSSR count). The zero-order chi connectivity index (χ0) is 14.7. The van der Waals surface area contributed by atoms with E-state index in [4.69, 9.17) is 9.31 Å².